The number of rotatable bonds is 4. The lowest BCUT2D eigenvalue weighted by atomic mass is 9.41. The Kier molecular flexibility index (Phi) is 6.90. The van der Waals surface area contributed by atoms with Crippen LogP contribution in [0.2, 0.25) is 0 Å². The molecule has 0 radical (unpaired) electrons. The lowest BCUT2D eigenvalue weighted by Gasteiger charge is -2.63. The van der Waals surface area contributed by atoms with Crippen LogP contribution in [0.25, 0.3) is 0 Å². The molecular formula is C36H58O10. The molecule has 0 aromatic carbocycles. The Hall–Kier alpha value is -0.400. The fourth-order valence-corrected chi connectivity index (χ4v) is 14.2. The first kappa shape index (κ1) is 32.8. The molecule has 6 N–H and O–H groups in total. The predicted molar refractivity (Wildman–Crippen MR) is 165 cm³/mol. The zero-order chi connectivity index (χ0) is 33.2. The summed E-state index contributed by atoms with van der Waals surface area (Å²) in [6.45, 7) is 14.7. The second-order valence-corrected chi connectivity index (χ2v) is 18.7. The van der Waals surface area contributed by atoms with E-state index in [1.165, 1.54) is 0 Å². The molecule has 3 aliphatic heterocycles. The van der Waals surface area contributed by atoms with Gasteiger partial charge >= 0.3 is 0 Å². The van der Waals surface area contributed by atoms with Gasteiger partial charge in [0.2, 0.25) is 0 Å². The van der Waals surface area contributed by atoms with Gasteiger partial charge in [-0.3, -0.25) is 0 Å². The minimum Gasteiger partial charge on any atom is -0.394 e. The van der Waals surface area contributed by atoms with Crippen molar-refractivity contribution in [3.8, 4) is 0 Å². The summed E-state index contributed by atoms with van der Waals surface area (Å²) in [6.07, 6.45) is -0.227. The van der Waals surface area contributed by atoms with Crippen molar-refractivity contribution < 1.29 is 49.6 Å². The first-order chi connectivity index (χ1) is 21.4. The third-order valence-corrected chi connectivity index (χ3v) is 16.3. The smallest absolute Gasteiger partial charge is 0.199 e. The Balaban J connectivity index is 1.09. The number of aliphatic hydroxyl groups is 6. The minimum absolute atomic E-state index is 0.0486. The highest BCUT2D eigenvalue weighted by molar-refractivity contribution is 5.34. The Labute approximate surface area is 273 Å². The van der Waals surface area contributed by atoms with Crippen molar-refractivity contribution >= 4 is 0 Å². The van der Waals surface area contributed by atoms with Gasteiger partial charge in [0, 0.05) is 11.3 Å². The van der Waals surface area contributed by atoms with E-state index in [0.717, 1.165) is 51.4 Å². The molecule has 3 saturated heterocycles. The topological polar surface area (TPSA) is 158 Å². The van der Waals surface area contributed by atoms with E-state index in [9.17, 15) is 30.6 Å². The van der Waals surface area contributed by atoms with Crippen molar-refractivity contribution in [3.63, 3.8) is 0 Å². The first-order valence-corrected chi connectivity index (χ1v) is 18.1. The third kappa shape index (κ3) is 3.63. The average Bonchev–Trinajstić information content (AvgIpc) is 3.50. The summed E-state index contributed by atoms with van der Waals surface area (Å²) in [6, 6.07) is 0. The second-order valence-electron chi connectivity index (χ2n) is 18.7. The Morgan fingerprint density at radius 1 is 0.848 bits per heavy atom. The van der Waals surface area contributed by atoms with Crippen LogP contribution in [0.3, 0.4) is 0 Å². The summed E-state index contributed by atoms with van der Waals surface area (Å²) in [5.74, 6) is -0.0409. The Morgan fingerprint density at radius 3 is 2.20 bits per heavy atom. The molecule has 8 rings (SSSR count). The lowest BCUT2D eigenvalue weighted by molar-refractivity contribution is -0.326. The van der Waals surface area contributed by atoms with Gasteiger partial charge in [-0.25, -0.2) is 0 Å². The molecule has 262 valence electrons. The molecule has 10 heteroatoms. The quantitative estimate of drug-likeness (QED) is 0.250. The van der Waals surface area contributed by atoms with Crippen LogP contribution in [0.15, 0.2) is 0 Å². The normalized spacial score (nSPS) is 61.6. The van der Waals surface area contributed by atoms with E-state index >= 15 is 0 Å². The third-order valence-electron chi connectivity index (χ3n) is 16.3. The summed E-state index contributed by atoms with van der Waals surface area (Å²) in [7, 11) is 0. The van der Waals surface area contributed by atoms with Crippen LogP contribution in [0.1, 0.15) is 99.8 Å². The van der Waals surface area contributed by atoms with Gasteiger partial charge in [-0.1, -0.05) is 34.6 Å². The van der Waals surface area contributed by atoms with Crippen molar-refractivity contribution in [2.75, 3.05) is 6.61 Å². The van der Waals surface area contributed by atoms with Gasteiger partial charge in [-0.05, 0) is 105 Å². The van der Waals surface area contributed by atoms with Gasteiger partial charge in [-0.2, -0.15) is 0 Å². The Bertz CT molecular complexity index is 1250. The van der Waals surface area contributed by atoms with E-state index in [1.54, 1.807) is 13.8 Å². The molecule has 10 nitrogen and oxygen atoms in total. The second kappa shape index (κ2) is 9.68. The summed E-state index contributed by atoms with van der Waals surface area (Å²) in [5, 5.41) is 64.9. The highest BCUT2D eigenvalue weighted by atomic mass is 16.8. The number of hydrogen-bond donors (Lipinski definition) is 6. The molecule has 5 aliphatic carbocycles. The molecule has 3 heterocycles. The molecular weight excluding hydrogens is 592 g/mol. The van der Waals surface area contributed by atoms with Gasteiger partial charge in [0.05, 0.1) is 24.4 Å². The SMILES string of the molecule is CC1CC2OC3(OC2C(C)(C)O)C(O)C2(C)C4CCC5C(C)(C)[C@@H](O[C@@H]6O[C@H](CO)[C@@H](O)[C@H](O)[C@H]6O)CC[C@@]56C[C@@]46CC[C@]2(C)C13. The molecule has 8 aliphatic rings. The van der Waals surface area contributed by atoms with Crippen LogP contribution >= 0.6 is 0 Å². The maximum atomic E-state index is 12.7. The van der Waals surface area contributed by atoms with Gasteiger partial charge in [0.15, 0.2) is 12.1 Å². The highest BCUT2D eigenvalue weighted by Crippen LogP contribution is 2.90. The summed E-state index contributed by atoms with van der Waals surface area (Å²) in [5.41, 5.74) is -1.62. The summed E-state index contributed by atoms with van der Waals surface area (Å²) < 4.78 is 25.9. The van der Waals surface area contributed by atoms with Crippen LogP contribution in [0, 0.1) is 50.7 Å². The zero-order valence-electron chi connectivity index (χ0n) is 28.7. The van der Waals surface area contributed by atoms with Gasteiger partial charge in [0.1, 0.15) is 36.6 Å². The van der Waals surface area contributed by atoms with E-state index in [-0.39, 0.29) is 39.8 Å². The maximum Gasteiger partial charge on any atom is 0.199 e. The first-order valence-electron chi connectivity index (χ1n) is 18.1. The molecule has 0 aromatic heterocycles. The fraction of sp³-hybridized carbons (Fsp3) is 1.00. The van der Waals surface area contributed by atoms with Crippen LogP contribution in [0.5, 0.6) is 0 Å². The number of ether oxygens (including phenoxy) is 4. The van der Waals surface area contributed by atoms with Crippen molar-refractivity contribution in [1.29, 1.82) is 0 Å². The summed E-state index contributed by atoms with van der Waals surface area (Å²) >= 11 is 0. The van der Waals surface area contributed by atoms with Crippen LogP contribution in [-0.2, 0) is 18.9 Å². The van der Waals surface area contributed by atoms with Crippen molar-refractivity contribution in [2.24, 2.45) is 50.7 Å². The average molecular weight is 651 g/mol. The van der Waals surface area contributed by atoms with Crippen LogP contribution in [-0.4, -0.2) is 104 Å². The molecule has 9 unspecified atom stereocenters. The van der Waals surface area contributed by atoms with Crippen molar-refractivity contribution in [1.82, 2.24) is 0 Å². The standard InChI is InChI=1S/C36H58O10/c1-17-14-18-27(31(4,5)42)46-36(45-18)26(17)32(6)12-13-35-16-34(35)11-10-22(44-28-25(40)24(39)23(38)19(15-37)43-28)30(2,3)20(34)8-9-21(35)33(32,7)29(36)41/h17-29,37-42H,8-16H2,1-7H3/t17?,18?,19-,20?,21?,22+,23-,24+,25-,26?,27?,28+,29?,32-,33?,34-,35+,36?/m1/s1. The van der Waals surface area contributed by atoms with Crippen molar-refractivity contribution in [2.45, 2.75) is 166 Å². The van der Waals surface area contributed by atoms with Gasteiger partial charge < -0.3 is 49.6 Å². The molecule has 18 atom stereocenters. The predicted octanol–water partition coefficient (Wildman–Crippen LogP) is 2.48. The van der Waals surface area contributed by atoms with E-state index < -0.39 is 66.3 Å². The number of fused-ring (bicyclic) bond motifs is 4. The van der Waals surface area contributed by atoms with E-state index in [0.29, 0.717) is 17.8 Å². The molecule has 0 aromatic rings. The van der Waals surface area contributed by atoms with Crippen molar-refractivity contribution in [3.05, 3.63) is 0 Å². The molecule has 3 spiro atoms. The van der Waals surface area contributed by atoms with Gasteiger partial charge in [0.25, 0.3) is 0 Å². The number of hydrogen-bond acceptors (Lipinski definition) is 10. The molecule has 0 amide bonds. The minimum atomic E-state index is -1.46. The van der Waals surface area contributed by atoms with E-state index in [2.05, 4.69) is 34.6 Å². The van der Waals surface area contributed by atoms with Gasteiger partial charge in [-0.15, -0.1) is 0 Å². The fourth-order valence-electron chi connectivity index (χ4n) is 14.2. The van der Waals surface area contributed by atoms with Crippen LogP contribution < -0.4 is 0 Å². The molecule has 5 saturated carbocycles. The maximum absolute atomic E-state index is 12.7. The van der Waals surface area contributed by atoms with E-state index in [4.69, 9.17) is 18.9 Å². The summed E-state index contributed by atoms with van der Waals surface area (Å²) in [4.78, 5) is 0. The largest absolute Gasteiger partial charge is 0.394 e. The number of aliphatic hydroxyl groups excluding tert-OH is 5. The Morgan fingerprint density at radius 2 is 1.52 bits per heavy atom. The monoisotopic (exact) mass is 650 g/mol. The zero-order valence-corrected chi connectivity index (χ0v) is 28.7. The highest BCUT2D eigenvalue weighted by Gasteiger charge is 2.88. The molecule has 2 bridgehead atoms. The lowest BCUT2D eigenvalue weighted by Crippen LogP contribution is -2.62. The molecule has 46 heavy (non-hydrogen) atoms. The van der Waals surface area contributed by atoms with Crippen LogP contribution in [0.4, 0.5) is 0 Å². The van der Waals surface area contributed by atoms with E-state index in [1.807, 2.05) is 0 Å². The molecule has 8 fully saturated rings.